The fraction of sp³-hybridized carbons (Fsp3) is 0.278. The number of carbonyl (C=O) groups is 1. The average molecular weight is 266 g/mol. The second kappa shape index (κ2) is 4.78. The Kier molecular flexibility index (Phi) is 3.09. The molecule has 1 aliphatic carbocycles. The zero-order chi connectivity index (χ0) is 14.2. The highest BCUT2D eigenvalue weighted by molar-refractivity contribution is 5.81. The number of aliphatic carboxylic acids is 1. The lowest BCUT2D eigenvalue weighted by atomic mass is 9.91. The molecule has 0 aromatic heterocycles. The molecule has 2 atom stereocenters. The van der Waals surface area contributed by atoms with Crippen LogP contribution in [0.25, 0.3) is 0 Å². The highest BCUT2D eigenvalue weighted by atomic mass is 16.4. The van der Waals surface area contributed by atoms with Crippen LogP contribution in [0.1, 0.15) is 29.0 Å². The summed E-state index contributed by atoms with van der Waals surface area (Å²) < 4.78 is 0. The lowest BCUT2D eigenvalue weighted by Gasteiger charge is -2.13. The first-order valence-electron chi connectivity index (χ1n) is 6.96. The SMILES string of the molecule is Cc1ccc([C@H]2C[C@@]2(Cc2ccccc2)C(=O)O)cc1. The van der Waals surface area contributed by atoms with Crippen LogP contribution >= 0.6 is 0 Å². The third-order valence-corrected chi connectivity index (χ3v) is 4.34. The first kappa shape index (κ1) is 12.9. The molecule has 2 aromatic carbocycles. The van der Waals surface area contributed by atoms with Gasteiger partial charge in [0.25, 0.3) is 0 Å². The Morgan fingerprint density at radius 2 is 1.80 bits per heavy atom. The van der Waals surface area contributed by atoms with Gasteiger partial charge in [0.05, 0.1) is 5.41 Å². The maximum absolute atomic E-state index is 11.7. The van der Waals surface area contributed by atoms with Gasteiger partial charge in [0.1, 0.15) is 0 Å². The molecule has 1 fully saturated rings. The number of rotatable bonds is 4. The van der Waals surface area contributed by atoms with Crippen molar-refractivity contribution in [3.63, 3.8) is 0 Å². The van der Waals surface area contributed by atoms with Gasteiger partial charge in [-0.25, -0.2) is 0 Å². The summed E-state index contributed by atoms with van der Waals surface area (Å²) in [6.07, 6.45) is 1.35. The van der Waals surface area contributed by atoms with Crippen LogP contribution in [0.4, 0.5) is 0 Å². The van der Waals surface area contributed by atoms with Crippen molar-refractivity contribution >= 4 is 5.97 Å². The van der Waals surface area contributed by atoms with Crippen molar-refractivity contribution in [1.29, 1.82) is 0 Å². The summed E-state index contributed by atoms with van der Waals surface area (Å²) in [6.45, 7) is 2.05. The Morgan fingerprint density at radius 1 is 1.15 bits per heavy atom. The topological polar surface area (TPSA) is 37.3 Å². The summed E-state index contributed by atoms with van der Waals surface area (Å²) in [5.74, 6) is -0.535. The molecule has 0 spiro atoms. The summed E-state index contributed by atoms with van der Waals surface area (Å²) >= 11 is 0. The van der Waals surface area contributed by atoms with Crippen LogP contribution in [0.2, 0.25) is 0 Å². The number of hydrogen-bond acceptors (Lipinski definition) is 1. The molecule has 0 amide bonds. The number of benzene rings is 2. The zero-order valence-corrected chi connectivity index (χ0v) is 11.5. The average Bonchev–Trinajstić information content (AvgIpc) is 3.16. The Balaban J connectivity index is 1.85. The van der Waals surface area contributed by atoms with E-state index < -0.39 is 11.4 Å². The van der Waals surface area contributed by atoms with Crippen molar-refractivity contribution in [3.05, 3.63) is 71.3 Å². The van der Waals surface area contributed by atoms with Gasteiger partial charge in [-0.05, 0) is 30.9 Å². The quantitative estimate of drug-likeness (QED) is 0.914. The number of carboxylic acid groups (broad SMARTS) is 1. The summed E-state index contributed by atoms with van der Waals surface area (Å²) in [7, 11) is 0. The number of carboxylic acids is 1. The van der Waals surface area contributed by atoms with Crippen molar-refractivity contribution in [3.8, 4) is 0 Å². The Bertz CT molecular complexity index is 616. The second-order valence-corrected chi connectivity index (χ2v) is 5.79. The third-order valence-electron chi connectivity index (χ3n) is 4.34. The summed E-state index contributed by atoms with van der Waals surface area (Å²) in [6, 6.07) is 18.2. The monoisotopic (exact) mass is 266 g/mol. The molecule has 3 rings (SSSR count). The fourth-order valence-corrected chi connectivity index (χ4v) is 3.01. The molecule has 2 nitrogen and oxygen atoms in total. The molecule has 1 saturated carbocycles. The van der Waals surface area contributed by atoms with E-state index in [1.54, 1.807) is 0 Å². The van der Waals surface area contributed by atoms with Gasteiger partial charge >= 0.3 is 5.97 Å². The fourth-order valence-electron chi connectivity index (χ4n) is 3.01. The van der Waals surface area contributed by atoms with Gasteiger partial charge in [0.2, 0.25) is 0 Å². The van der Waals surface area contributed by atoms with E-state index in [1.807, 2.05) is 37.3 Å². The van der Waals surface area contributed by atoms with E-state index in [0.717, 1.165) is 17.5 Å². The minimum Gasteiger partial charge on any atom is -0.481 e. The normalized spacial score (nSPS) is 24.4. The van der Waals surface area contributed by atoms with Crippen molar-refractivity contribution in [2.45, 2.75) is 25.7 Å². The Hall–Kier alpha value is -2.09. The standard InChI is InChI=1S/C18H18O2/c1-13-7-9-15(10-8-13)16-12-18(16,17(19)20)11-14-5-3-2-4-6-14/h2-10,16H,11-12H2,1H3,(H,19,20)/t16-,18-/m1/s1. The molecule has 0 saturated heterocycles. The van der Waals surface area contributed by atoms with E-state index >= 15 is 0 Å². The molecular weight excluding hydrogens is 248 g/mol. The molecule has 0 heterocycles. The molecule has 1 N–H and O–H groups in total. The summed E-state index contributed by atoms with van der Waals surface area (Å²) in [5.41, 5.74) is 2.84. The van der Waals surface area contributed by atoms with Crippen molar-refractivity contribution in [2.75, 3.05) is 0 Å². The van der Waals surface area contributed by atoms with Crippen LogP contribution in [0.15, 0.2) is 54.6 Å². The second-order valence-electron chi connectivity index (χ2n) is 5.79. The maximum Gasteiger partial charge on any atom is 0.310 e. The van der Waals surface area contributed by atoms with E-state index in [0.29, 0.717) is 6.42 Å². The number of aryl methyl sites for hydroxylation is 1. The third kappa shape index (κ3) is 2.22. The maximum atomic E-state index is 11.7. The van der Waals surface area contributed by atoms with Crippen LogP contribution in [-0.4, -0.2) is 11.1 Å². The van der Waals surface area contributed by atoms with E-state index in [9.17, 15) is 9.90 Å². The molecule has 20 heavy (non-hydrogen) atoms. The molecule has 0 unspecified atom stereocenters. The molecule has 1 aliphatic rings. The van der Waals surface area contributed by atoms with Crippen LogP contribution in [0.3, 0.4) is 0 Å². The van der Waals surface area contributed by atoms with Crippen LogP contribution in [-0.2, 0) is 11.2 Å². The van der Waals surface area contributed by atoms with E-state index in [-0.39, 0.29) is 5.92 Å². The van der Waals surface area contributed by atoms with Crippen molar-refractivity contribution < 1.29 is 9.90 Å². The Morgan fingerprint density at radius 3 is 2.40 bits per heavy atom. The van der Waals surface area contributed by atoms with E-state index in [4.69, 9.17) is 0 Å². The van der Waals surface area contributed by atoms with Crippen LogP contribution in [0.5, 0.6) is 0 Å². The molecule has 2 aromatic rings. The van der Waals surface area contributed by atoms with Crippen LogP contribution in [0, 0.1) is 12.3 Å². The molecule has 0 aliphatic heterocycles. The zero-order valence-electron chi connectivity index (χ0n) is 11.5. The lowest BCUT2D eigenvalue weighted by molar-refractivity contribution is -0.143. The Labute approximate surface area is 119 Å². The highest BCUT2D eigenvalue weighted by Crippen LogP contribution is 2.61. The van der Waals surface area contributed by atoms with Gasteiger partial charge in [-0.15, -0.1) is 0 Å². The largest absolute Gasteiger partial charge is 0.481 e. The van der Waals surface area contributed by atoms with Gasteiger partial charge in [0, 0.05) is 5.92 Å². The van der Waals surface area contributed by atoms with Crippen molar-refractivity contribution in [2.24, 2.45) is 5.41 Å². The van der Waals surface area contributed by atoms with Gasteiger partial charge in [-0.1, -0.05) is 60.2 Å². The summed E-state index contributed by atoms with van der Waals surface area (Å²) in [5, 5.41) is 9.65. The van der Waals surface area contributed by atoms with Crippen molar-refractivity contribution in [1.82, 2.24) is 0 Å². The molecular formula is C18H18O2. The predicted molar refractivity (Wildman–Crippen MR) is 78.8 cm³/mol. The van der Waals surface area contributed by atoms with E-state index in [1.165, 1.54) is 5.56 Å². The van der Waals surface area contributed by atoms with Gasteiger partial charge in [0.15, 0.2) is 0 Å². The van der Waals surface area contributed by atoms with Crippen LogP contribution < -0.4 is 0 Å². The minimum absolute atomic E-state index is 0.140. The van der Waals surface area contributed by atoms with Gasteiger partial charge in [-0.3, -0.25) is 4.79 Å². The molecule has 2 heteroatoms. The lowest BCUT2D eigenvalue weighted by Crippen LogP contribution is -2.20. The summed E-state index contributed by atoms with van der Waals surface area (Å²) in [4.78, 5) is 11.7. The predicted octanol–water partition coefficient (Wildman–Crippen LogP) is 3.80. The van der Waals surface area contributed by atoms with E-state index in [2.05, 4.69) is 24.3 Å². The first-order chi connectivity index (χ1) is 9.62. The molecule has 102 valence electrons. The highest BCUT2D eigenvalue weighted by Gasteiger charge is 2.60. The minimum atomic E-state index is -0.674. The molecule has 0 bridgehead atoms. The smallest absolute Gasteiger partial charge is 0.310 e. The van der Waals surface area contributed by atoms with Gasteiger partial charge in [-0.2, -0.15) is 0 Å². The number of hydrogen-bond donors (Lipinski definition) is 1. The molecule has 0 radical (unpaired) electrons. The first-order valence-corrected chi connectivity index (χ1v) is 6.96. The van der Waals surface area contributed by atoms with Gasteiger partial charge < -0.3 is 5.11 Å².